The molecule has 0 fully saturated rings. The first-order chi connectivity index (χ1) is 15.5. The second kappa shape index (κ2) is 8.07. The number of thiophene rings is 1. The highest BCUT2D eigenvalue weighted by molar-refractivity contribution is 7.15. The Morgan fingerprint density at radius 1 is 1.03 bits per heavy atom. The molecular weight excluding hydrogens is 442 g/mol. The van der Waals surface area contributed by atoms with Crippen LogP contribution in [0.4, 0.5) is 5.95 Å². The minimum Gasteiger partial charge on any atom is -0.497 e. The van der Waals surface area contributed by atoms with E-state index in [2.05, 4.69) is 34.7 Å². The van der Waals surface area contributed by atoms with Gasteiger partial charge in [0.2, 0.25) is 0 Å². The molecule has 6 nitrogen and oxygen atoms in total. The molecule has 0 spiro atoms. The van der Waals surface area contributed by atoms with Crippen molar-refractivity contribution in [2.24, 2.45) is 5.10 Å². The van der Waals surface area contributed by atoms with Crippen molar-refractivity contribution in [1.82, 2.24) is 14.8 Å². The second-order valence-electron chi connectivity index (χ2n) is 7.71. The monoisotopic (exact) mass is 463 g/mol. The Balaban J connectivity index is 1.73. The molecule has 0 atom stereocenters. The Kier molecular flexibility index (Phi) is 5.23. The highest BCUT2D eigenvalue weighted by Crippen LogP contribution is 2.38. The van der Waals surface area contributed by atoms with E-state index in [1.807, 2.05) is 54.4 Å². The molecule has 1 aliphatic heterocycles. The maximum absolute atomic E-state index is 6.18. The van der Waals surface area contributed by atoms with Crippen LogP contribution in [0.5, 0.6) is 5.75 Å². The number of anilines is 1. The van der Waals surface area contributed by atoms with Gasteiger partial charge in [0.15, 0.2) is 0 Å². The van der Waals surface area contributed by atoms with Crippen molar-refractivity contribution >= 4 is 34.6 Å². The summed E-state index contributed by atoms with van der Waals surface area (Å²) in [6.45, 7) is 6.79. The van der Waals surface area contributed by atoms with E-state index in [4.69, 9.17) is 21.4 Å². The van der Waals surface area contributed by atoms with Gasteiger partial charge in [-0.05, 0) is 56.2 Å². The number of ether oxygens (including phenoxy) is 1. The van der Waals surface area contributed by atoms with E-state index < -0.39 is 0 Å². The van der Waals surface area contributed by atoms with Crippen molar-refractivity contribution in [3.05, 3.63) is 86.5 Å². The van der Waals surface area contributed by atoms with Gasteiger partial charge in [0, 0.05) is 21.0 Å². The molecule has 2 aromatic heterocycles. The highest BCUT2D eigenvalue weighted by atomic mass is 35.5. The van der Waals surface area contributed by atoms with Crippen LogP contribution in [-0.2, 0) is 6.54 Å². The third kappa shape index (κ3) is 3.47. The summed E-state index contributed by atoms with van der Waals surface area (Å²) in [5.41, 5.74) is 5.27. The van der Waals surface area contributed by atoms with Gasteiger partial charge in [0.1, 0.15) is 22.3 Å². The number of hydrazone groups is 1. The average molecular weight is 464 g/mol. The molecule has 32 heavy (non-hydrogen) atoms. The number of hydrogen-bond donors (Lipinski definition) is 0. The SMILES string of the molecule is COc1cccc(CN2N=C(c3ccc(Cl)cc3)c3c(sc(C)c3C)-n3c(C)nnc32)c1. The number of hydrogen-bond acceptors (Lipinski definition) is 6. The summed E-state index contributed by atoms with van der Waals surface area (Å²) >= 11 is 7.91. The molecule has 0 bridgehead atoms. The molecule has 162 valence electrons. The normalized spacial score (nSPS) is 12.8. The number of fused-ring (bicyclic) bond motifs is 3. The minimum atomic E-state index is 0.527. The van der Waals surface area contributed by atoms with E-state index in [0.29, 0.717) is 17.5 Å². The standard InChI is InChI=1S/C24H22ClN5OS/c1-14-15(2)32-23-21(14)22(18-8-10-19(25)11-9-18)28-29(24-27-26-16(3)30(23)24)13-17-6-5-7-20(12-17)31-4/h5-12H,13H2,1-4H3. The van der Waals surface area contributed by atoms with Crippen LogP contribution in [-0.4, -0.2) is 27.6 Å². The van der Waals surface area contributed by atoms with Gasteiger partial charge >= 0.3 is 0 Å². The quantitative estimate of drug-likeness (QED) is 0.390. The van der Waals surface area contributed by atoms with Crippen LogP contribution in [0.2, 0.25) is 5.02 Å². The Labute approximate surface area is 195 Å². The largest absolute Gasteiger partial charge is 0.497 e. The van der Waals surface area contributed by atoms with Crippen molar-refractivity contribution < 1.29 is 4.74 Å². The second-order valence-corrected chi connectivity index (χ2v) is 9.35. The highest BCUT2D eigenvalue weighted by Gasteiger charge is 2.30. The summed E-state index contributed by atoms with van der Waals surface area (Å²) in [7, 11) is 1.67. The molecule has 0 saturated heterocycles. The average Bonchev–Trinajstić information content (AvgIpc) is 3.27. The van der Waals surface area contributed by atoms with E-state index in [-0.39, 0.29) is 0 Å². The van der Waals surface area contributed by atoms with Crippen molar-refractivity contribution in [3.8, 4) is 10.8 Å². The summed E-state index contributed by atoms with van der Waals surface area (Å²) < 4.78 is 7.52. The van der Waals surface area contributed by atoms with Crippen LogP contribution in [0.3, 0.4) is 0 Å². The van der Waals surface area contributed by atoms with Gasteiger partial charge in [0.25, 0.3) is 5.95 Å². The van der Waals surface area contributed by atoms with Gasteiger partial charge in [0.05, 0.1) is 13.7 Å². The number of benzene rings is 2. The number of aromatic nitrogens is 3. The third-order valence-corrected chi connectivity index (χ3v) is 7.09. The Bertz CT molecular complexity index is 1340. The van der Waals surface area contributed by atoms with Crippen molar-refractivity contribution in [2.75, 3.05) is 12.1 Å². The molecule has 8 heteroatoms. The fourth-order valence-corrected chi connectivity index (χ4v) is 5.20. The number of aryl methyl sites for hydroxylation is 2. The maximum atomic E-state index is 6.18. The third-order valence-electron chi connectivity index (χ3n) is 5.65. The molecule has 4 aromatic rings. The van der Waals surface area contributed by atoms with Crippen molar-refractivity contribution in [2.45, 2.75) is 27.3 Å². The molecule has 0 radical (unpaired) electrons. The number of nitrogens with zero attached hydrogens (tertiary/aromatic N) is 5. The van der Waals surface area contributed by atoms with Crippen LogP contribution in [0.15, 0.2) is 53.6 Å². The van der Waals surface area contributed by atoms with Gasteiger partial charge in [-0.1, -0.05) is 35.9 Å². The molecule has 1 aliphatic rings. The van der Waals surface area contributed by atoms with E-state index in [9.17, 15) is 0 Å². The summed E-state index contributed by atoms with van der Waals surface area (Å²) in [6, 6.07) is 15.8. The molecule has 0 N–H and O–H groups in total. The zero-order chi connectivity index (χ0) is 22.4. The maximum Gasteiger partial charge on any atom is 0.253 e. The summed E-state index contributed by atoms with van der Waals surface area (Å²) in [6.07, 6.45) is 0. The summed E-state index contributed by atoms with van der Waals surface area (Å²) in [5, 5.41) is 17.7. The molecule has 3 heterocycles. The number of methoxy groups -OCH3 is 1. The molecule has 5 rings (SSSR count). The molecule has 0 aliphatic carbocycles. The lowest BCUT2D eigenvalue weighted by atomic mass is 10.00. The van der Waals surface area contributed by atoms with Crippen molar-refractivity contribution in [1.29, 1.82) is 0 Å². The zero-order valence-corrected chi connectivity index (χ0v) is 19.8. The summed E-state index contributed by atoms with van der Waals surface area (Å²) in [4.78, 5) is 1.25. The van der Waals surface area contributed by atoms with Crippen LogP contribution in [0.1, 0.15) is 33.0 Å². The molecule has 0 amide bonds. The molecule has 2 aromatic carbocycles. The van der Waals surface area contributed by atoms with Gasteiger partial charge in [-0.2, -0.15) is 5.10 Å². The first kappa shape index (κ1) is 20.7. The Hall–Kier alpha value is -3.16. The van der Waals surface area contributed by atoms with Crippen LogP contribution < -0.4 is 9.75 Å². The number of rotatable bonds is 4. The Morgan fingerprint density at radius 2 is 1.81 bits per heavy atom. The van der Waals surface area contributed by atoms with Crippen LogP contribution in [0.25, 0.3) is 5.00 Å². The molecule has 0 saturated carbocycles. The number of halogens is 1. The van der Waals surface area contributed by atoms with Crippen molar-refractivity contribution in [3.63, 3.8) is 0 Å². The predicted octanol–water partition coefficient (Wildman–Crippen LogP) is 5.69. The smallest absolute Gasteiger partial charge is 0.253 e. The molecular formula is C24H22ClN5OS. The lowest BCUT2D eigenvalue weighted by molar-refractivity contribution is 0.414. The lowest BCUT2D eigenvalue weighted by Gasteiger charge is -2.18. The summed E-state index contributed by atoms with van der Waals surface area (Å²) in [5.74, 6) is 2.32. The topological polar surface area (TPSA) is 55.5 Å². The van der Waals surface area contributed by atoms with Crippen LogP contribution in [0, 0.1) is 20.8 Å². The van der Waals surface area contributed by atoms with E-state index >= 15 is 0 Å². The van der Waals surface area contributed by atoms with Crippen LogP contribution >= 0.6 is 22.9 Å². The van der Waals surface area contributed by atoms with Gasteiger partial charge in [-0.15, -0.1) is 21.5 Å². The zero-order valence-electron chi connectivity index (χ0n) is 18.3. The predicted molar refractivity (Wildman–Crippen MR) is 130 cm³/mol. The fourth-order valence-electron chi connectivity index (χ4n) is 3.88. The lowest BCUT2D eigenvalue weighted by Crippen LogP contribution is -2.20. The van der Waals surface area contributed by atoms with Gasteiger partial charge in [-0.25, -0.2) is 5.01 Å². The van der Waals surface area contributed by atoms with E-state index in [0.717, 1.165) is 39.0 Å². The first-order valence-electron chi connectivity index (χ1n) is 10.2. The minimum absolute atomic E-state index is 0.527. The Morgan fingerprint density at radius 3 is 2.56 bits per heavy atom. The van der Waals surface area contributed by atoms with Gasteiger partial charge in [-0.3, -0.25) is 4.57 Å². The first-order valence-corrected chi connectivity index (χ1v) is 11.4. The van der Waals surface area contributed by atoms with E-state index in [1.54, 1.807) is 18.4 Å². The fraction of sp³-hybridized carbons (Fsp3) is 0.208. The van der Waals surface area contributed by atoms with E-state index in [1.165, 1.54) is 10.4 Å². The molecule has 0 unspecified atom stereocenters. The van der Waals surface area contributed by atoms with Gasteiger partial charge < -0.3 is 4.74 Å².